The third-order valence-electron chi connectivity index (χ3n) is 4.69. The van der Waals surface area contributed by atoms with Crippen LogP contribution in [0.4, 0.5) is 0 Å². The van der Waals surface area contributed by atoms with E-state index in [2.05, 4.69) is 46.7 Å². The highest BCUT2D eigenvalue weighted by Crippen LogP contribution is 2.29. The molecule has 0 bridgehead atoms. The number of benzene rings is 1. The standard InChI is InChI=1S/C17H25N3O.ClH/c1-13-11-18-9-10-20(13)12-17(21)19-16-8-4-6-14-5-2-3-7-15(14)16;/h2-3,5,7,13,16,18H,4,6,8-12H2,1H3,(H,19,21);1H/t13-,16?;/m0./s1. The second kappa shape index (κ2) is 7.95. The van der Waals surface area contributed by atoms with E-state index >= 15 is 0 Å². The van der Waals surface area contributed by atoms with E-state index in [0.717, 1.165) is 38.9 Å². The van der Waals surface area contributed by atoms with E-state index in [1.807, 2.05) is 0 Å². The summed E-state index contributed by atoms with van der Waals surface area (Å²) >= 11 is 0. The largest absolute Gasteiger partial charge is 0.348 e. The van der Waals surface area contributed by atoms with Crippen LogP contribution in [0.1, 0.15) is 36.9 Å². The average molecular weight is 324 g/mol. The van der Waals surface area contributed by atoms with Crippen molar-refractivity contribution in [1.82, 2.24) is 15.5 Å². The summed E-state index contributed by atoms with van der Waals surface area (Å²) in [4.78, 5) is 14.6. The summed E-state index contributed by atoms with van der Waals surface area (Å²) in [7, 11) is 0. The number of fused-ring (bicyclic) bond motifs is 1. The molecule has 1 saturated heterocycles. The van der Waals surface area contributed by atoms with Gasteiger partial charge in [-0.15, -0.1) is 12.4 Å². The second-order valence-electron chi connectivity index (χ2n) is 6.23. The van der Waals surface area contributed by atoms with E-state index < -0.39 is 0 Å². The Labute approximate surface area is 139 Å². The van der Waals surface area contributed by atoms with Gasteiger partial charge in [-0.25, -0.2) is 0 Å². The molecule has 1 heterocycles. The van der Waals surface area contributed by atoms with Gasteiger partial charge in [0.2, 0.25) is 5.91 Å². The number of carbonyl (C=O) groups is 1. The fraction of sp³-hybridized carbons (Fsp3) is 0.588. The van der Waals surface area contributed by atoms with Crippen LogP contribution in [0.2, 0.25) is 0 Å². The molecule has 5 heteroatoms. The molecule has 122 valence electrons. The van der Waals surface area contributed by atoms with Gasteiger partial charge in [-0.3, -0.25) is 9.69 Å². The zero-order chi connectivity index (χ0) is 14.7. The molecule has 2 N–H and O–H groups in total. The van der Waals surface area contributed by atoms with Crippen LogP contribution in [-0.2, 0) is 11.2 Å². The first-order valence-corrected chi connectivity index (χ1v) is 8.06. The van der Waals surface area contributed by atoms with Crippen molar-refractivity contribution >= 4 is 18.3 Å². The van der Waals surface area contributed by atoms with Crippen LogP contribution in [-0.4, -0.2) is 43.0 Å². The maximum Gasteiger partial charge on any atom is 0.234 e. The molecule has 2 atom stereocenters. The van der Waals surface area contributed by atoms with Crippen LogP contribution in [0.25, 0.3) is 0 Å². The number of hydrogen-bond donors (Lipinski definition) is 2. The maximum absolute atomic E-state index is 12.4. The Morgan fingerprint density at radius 2 is 2.23 bits per heavy atom. The van der Waals surface area contributed by atoms with Crippen molar-refractivity contribution in [1.29, 1.82) is 0 Å². The Morgan fingerprint density at radius 1 is 1.41 bits per heavy atom. The van der Waals surface area contributed by atoms with Crippen molar-refractivity contribution in [2.75, 3.05) is 26.2 Å². The smallest absolute Gasteiger partial charge is 0.234 e. The molecule has 0 spiro atoms. The maximum atomic E-state index is 12.4. The molecule has 1 fully saturated rings. The summed E-state index contributed by atoms with van der Waals surface area (Å²) in [6.45, 7) is 5.59. The highest BCUT2D eigenvalue weighted by Gasteiger charge is 2.24. The van der Waals surface area contributed by atoms with Crippen LogP contribution in [0.15, 0.2) is 24.3 Å². The second-order valence-corrected chi connectivity index (χ2v) is 6.23. The molecular weight excluding hydrogens is 298 g/mol. The lowest BCUT2D eigenvalue weighted by Gasteiger charge is -2.34. The molecule has 1 amide bonds. The van der Waals surface area contributed by atoms with Gasteiger partial charge >= 0.3 is 0 Å². The third-order valence-corrected chi connectivity index (χ3v) is 4.69. The number of rotatable bonds is 3. The molecule has 0 saturated carbocycles. The average Bonchev–Trinajstić information content (AvgIpc) is 2.50. The highest BCUT2D eigenvalue weighted by molar-refractivity contribution is 5.85. The van der Waals surface area contributed by atoms with Crippen LogP contribution in [0.5, 0.6) is 0 Å². The summed E-state index contributed by atoms with van der Waals surface area (Å²) in [5, 5.41) is 6.60. The Hall–Kier alpha value is -1.10. The third kappa shape index (κ3) is 4.00. The first-order valence-electron chi connectivity index (χ1n) is 8.06. The molecule has 1 aliphatic heterocycles. The van der Waals surface area contributed by atoms with E-state index in [1.165, 1.54) is 11.1 Å². The number of amides is 1. The van der Waals surface area contributed by atoms with Gasteiger partial charge in [-0.05, 0) is 37.3 Å². The lowest BCUT2D eigenvalue weighted by atomic mass is 9.88. The van der Waals surface area contributed by atoms with E-state index in [-0.39, 0.29) is 24.4 Å². The Balaban J connectivity index is 0.00000176. The van der Waals surface area contributed by atoms with Crippen molar-refractivity contribution < 1.29 is 4.79 Å². The lowest BCUT2D eigenvalue weighted by molar-refractivity contribution is -0.123. The zero-order valence-corrected chi connectivity index (χ0v) is 14.0. The number of hydrogen-bond acceptors (Lipinski definition) is 3. The van der Waals surface area contributed by atoms with E-state index in [9.17, 15) is 4.79 Å². The topological polar surface area (TPSA) is 44.4 Å². The number of nitrogens with zero attached hydrogens (tertiary/aromatic N) is 1. The van der Waals surface area contributed by atoms with Gasteiger partial charge in [0, 0.05) is 25.7 Å². The lowest BCUT2D eigenvalue weighted by Crippen LogP contribution is -2.53. The van der Waals surface area contributed by atoms with Crippen LogP contribution >= 0.6 is 12.4 Å². The molecule has 1 aliphatic carbocycles. The predicted molar refractivity (Wildman–Crippen MR) is 91.4 cm³/mol. The Bertz CT molecular complexity index is 508. The molecule has 1 unspecified atom stereocenters. The normalized spacial score (nSPS) is 25.0. The van der Waals surface area contributed by atoms with Crippen molar-refractivity contribution in [3.63, 3.8) is 0 Å². The summed E-state index contributed by atoms with van der Waals surface area (Å²) < 4.78 is 0. The van der Waals surface area contributed by atoms with Crippen molar-refractivity contribution in [3.8, 4) is 0 Å². The quantitative estimate of drug-likeness (QED) is 0.893. The number of aryl methyl sites for hydroxylation is 1. The minimum atomic E-state index is 0. The number of halogens is 1. The fourth-order valence-electron chi connectivity index (χ4n) is 3.45. The first kappa shape index (κ1) is 17.3. The SMILES string of the molecule is C[C@H]1CNCCN1CC(=O)NC1CCCc2ccccc21.Cl. The highest BCUT2D eigenvalue weighted by atomic mass is 35.5. The zero-order valence-electron chi connectivity index (χ0n) is 13.2. The molecule has 4 nitrogen and oxygen atoms in total. The molecule has 0 aromatic heterocycles. The van der Waals surface area contributed by atoms with E-state index in [4.69, 9.17) is 0 Å². The number of nitrogens with one attached hydrogen (secondary N) is 2. The van der Waals surface area contributed by atoms with Gasteiger partial charge in [-0.2, -0.15) is 0 Å². The minimum Gasteiger partial charge on any atom is -0.348 e. The summed E-state index contributed by atoms with van der Waals surface area (Å²) in [5.74, 6) is 0.158. The van der Waals surface area contributed by atoms with Crippen LogP contribution in [0, 0.1) is 0 Å². The molecule has 22 heavy (non-hydrogen) atoms. The summed E-state index contributed by atoms with van der Waals surface area (Å²) in [6.07, 6.45) is 3.35. The van der Waals surface area contributed by atoms with Crippen molar-refractivity contribution in [2.24, 2.45) is 0 Å². The summed E-state index contributed by atoms with van der Waals surface area (Å²) in [5.41, 5.74) is 2.70. The van der Waals surface area contributed by atoms with Crippen LogP contribution < -0.4 is 10.6 Å². The van der Waals surface area contributed by atoms with Crippen molar-refractivity contribution in [2.45, 2.75) is 38.3 Å². The molecule has 1 aromatic carbocycles. The number of piperazine rings is 1. The molecule has 3 rings (SSSR count). The number of carbonyl (C=O) groups excluding carboxylic acids is 1. The Morgan fingerprint density at radius 3 is 3.05 bits per heavy atom. The van der Waals surface area contributed by atoms with Gasteiger partial charge in [0.15, 0.2) is 0 Å². The van der Waals surface area contributed by atoms with E-state index in [0.29, 0.717) is 12.6 Å². The minimum absolute atomic E-state index is 0. The Kier molecular flexibility index (Phi) is 6.24. The van der Waals surface area contributed by atoms with E-state index in [1.54, 1.807) is 0 Å². The van der Waals surface area contributed by atoms with Gasteiger partial charge in [0.1, 0.15) is 0 Å². The predicted octanol–water partition coefficient (Wildman–Crippen LogP) is 1.90. The molecular formula is C17H26ClN3O. The van der Waals surface area contributed by atoms with Gasteiger partial charge in [0.05, 0.1) is 12.6 Å². The molecule has 1 aromatic rings. The molecule has 2 aliphatic rings. The fourth-order valence-corrected chi connectivity index (χ4v) is 3.45. The van der Waals surface area contributed by atoms with Crippen molar-refractivity contribution in [3.05, 3.63) is 35.4 Å². The summed E-state index contributed by atoms with van der Waals surface area (Å²) in [6, 6.07) is 9.13. The van der Waals surface area contributed by atoms with Gasteiger partial charge in [-0.1, -0.05) is 24.3 Å². The van der Waals surface area contributed by atoms with Crippen LogP contribution in [0.3, 0.4) is 0 Å². The van der Waals surface area contributed by atoms with Gasteiger partial charge < -0.3 is 10.6 Å². The first-order chi connectivity index (χ1) is 10.2. The monoisotopic (exact) mass is 323 g/mol. The van der Waals surface area contributed by atoms with Gasteiger partial charge in [0.25, 0.3) is 0 Å². The molecule has 0 radical (unpaired) electrons.